The van der Waals surface area contributed by atoms with Crippen LogP contribution < -0.4 is 4.90 Å². The van der Waals surface area contributed by atoms with E-state index in [1.165, 1.54) is 0 Å². The third-order valence-electron chi connectivity index (χ3n) is 4.35. The zero-order chi connectivity index (χ0) is 20.8. The molecule has 0 fully saturated rings. The molecule has 0 aliphatic carbocycles. The van der Waals surface area contributed by atoms with Gasteiger partial charge in [-0.25, -0.2) is 0 Å². The zero-order valence-electron chi connectivity index (χ0n) is 14.5. The Bertz CT molecular complexity index is 818. The lowest BCUT2D eigenvalue weighted by Gasteiger charge is -2.24. The van der Waals surface area contributed by atoms with E-state index in [4.69, 9.17) is 0 Å². The van der Waals surface area contributed by atoms with Crippen LogP contribution in [0.15, 0.2) is 47.7 Å². The standard InChI is InChI=1S/C18H15F6NO2/c1-16(2)11-6-4-5-7-12(11)25(3)13(16)9-8-10(14(26)17(19,20)21)15(27)18(22,23)24/h4-9H,1-3H3/b13-9+. The Morgan fingerprint density at radius 2 is 1.44 bits per heavy atom. The molecule has 1 heterocycles. The summed E-state index contributed by atoms with van der Waals surface area (Å²) in [4.78, 5) is 24.3. The molecule has 0 saturated carbocycles. The minimum atomic E-state index is -5.61. The van der Waals surface area contributed by atoms with Crippen molar-refractivity contribution in [1.29, 1.82) is 0 Å². The van der Waals surface area contributed by atoms with Crippen LogP contribution in [0.1, 0.15) is 19.4 Å². The molecule has 1 aliphatic heterocycles. The molecular weight excluding hydrogens is 376 g/mol. The molecule has 0 bridgehead atoms. The normalized spacial score (nSPS) is 17.7. The Hall–Kier alpha value is -2.58. The van der Waals surface area contributed by atoms with Gasteiger partial charge in [0.05, 0.1) is 5.57 Å². The quantitative estimate of drug-likeness (QED) is 0.330. The first-order valence-electron chi connectivity index (χ1n) is 7.67. The fraction of sp³-hybridized carbons (Fsp3) is 0.333. The Labute approximate surface area is 151 Å². The van der Waals surface area contributed by atoms with Crippen LogP contribution in [0.3, 0.4) is 0 Å². The second-order valence-electron chi connectivity index (χ2n) is 6.49. The number of Topliss-reactive ketones (excluding diaryl/α,β-unsaturated/α-hetero) is 2. The Balaban J connectivity index is 2.59. The van der Waals surface area contributed by atoms with Gasteiger partial charge in [0.1, 0.15) is 0 Å². The molecule has 9 heteroatoms. The lowest BCUT2D eigenvalue weighted by Crippen LogP contribution is -2.34. The van der Waals surface area contributed by atoms with Gasteiger partial charge in [-0.1, -0.05) is 32.0 Å². The lowest BCUT2D eigenvalue weighted by atomic mass is 9.83. The van der Waals surface area contributed by atoms with Gasteiger partial charge in [0.15, 0.2) is 0 Å². The van der Waals surface area contributed by atoms with Gasteiger partial charge in [0.2, 0.25) is 0 Å². The van der Waals surface area contributed by atoms with Crippen LogP contribution in [-0.2, 0) is 15.0 Å². The van der Waals surface area contributed by atoms with E-state index in [0.717, 1.165) is 11.6 Å². The van der Waals surface area contributed by atoms with Crippen molar-refractivity contribution >= 4 is 17.3 Å². The van der Waals surface area contributed by atoms with E-state index in [-0.39, 0.29) is 0 Å². The number of nitrogens with zero attached hydrogens (tertiary/aromatic N) is 1. The van der Waals surface area contributed by atoms with E-state index in [1.54, 1.807) is 50.1 Å². The predicted molar refractivity (Wildman–Crippen MR) is 86.2 cm³/mol. The van der Waals surface area contributed by atoms with Crippen LogP contribution in [0.5, 0.6) is 0 Å². The molecule has 1 aromatic carbocycles. The number of para-hydroxylation sites is 1. The number of hydrogen-bond donors (Lipinski definition) is 0. The molecule has 0 N–H and O–H groups in total. The molecule has 0 amide bonds. The summed E-state index contributed by atoms with van der Waals surface area (Å²) in [7, 11) is 1.59. The van der Waals surface area contributed by atoms with Gasteiger partial charge in [-0.05, 0) is 23.8 Å². The second-order valence-corrected chi connectivity index (χ2v) is 6.49. The minimum absolute atomic E-state index is 0.297. The summed E-state index contributed by atoms with van der Waals surface area (Å²) in [5, 5.41) is 0. The number of carbonyl (C=O) groups excluding carboxylic acids is 2. The van der Waals surface area contributed by atoms with E-state index in [1.807, 2.05) is 0 Å². The fourth-order valence-corrected chi connectivity index (χ4v) is 3.02. The smallest absolute Gasteiger partial charge is 0.347 e. The third-order valence-corrected chi connectivity index (χ3v) is 4.35. The van der Waals surface area contributed by atoms with Crippen LogP contribution in [0.4, 0.5) is 32.0 Å². The molecule has 0 saturated heterocycles. The zero-order valence-corrected chi connectivity index (χ0v) is 14.5. The summed E-state index contributed by atoms with van der Waals surface area (Å²) in [6.07, 6.45) is -9.97. The van der Waals surface area contributed by atoms with E-state index < -0.39 is 34.9 Å². The Kier molecular flexibility index (Phi) is 5.02. The molecule has 146 valence electrons. The predicted octanol–water partition coefficient (Wildman–Crippen LogP) is 4.49. The van der Waals surface area contributed by atoms with Crippen molar-refractivity contribution in [2.24, 2.45) is 0 Å². The maximum absolute atomic E-state index is 12.7. The van der Waals surface area contributed by atoms with Crippen molar-refractivity contribution in [2.45, 2.75) is 31.6 Å². The highest BCUT2D eigenvalue weighted by atomic mass is 19.4. The summed E-state index contributed by atoms with van der Waals surface area (Å²) >= 11 is 0. The molecule has 1 aromatic rings. The van der Waals surface area contributed by atoms with E-state index >= 15 is 0 Å². The van der Waals surface area contributed by atoms with E-state index in [9.17, 15) is 35.9 Å². The average Bonchev–Trinajstić information content (AvgIpc) is 2.73. The molecule has 0 unspecified atom stereocenters. The van der Waals surface area contributed by atoms with Crippen molar-refractivity contribution in [2.75, 3.05) is 11.9 Å². The lowest BCUT2D eigenvalue weighted by molar-refractivity contribution is -0.175. The van der Waals surface area contributed by atoms with Gasteiger partial charge in [-0.15, -0.1) is 0 Å². The summed E-state index contributed by atoms with van der Waals surface area (Å²) < 4.78 is 75.9. The molecular formula is C18H15F6NO2. The number of anilines is 1. The number of benzene rings is 1. The first-order chi connectivity index (χ1) is 12.2. The number of carbonyl (C=O) groups is 2. The van der Waals surface area contributed by atoms with E-state index in [2.05, 4.69) is 0 Å². The number of hydrogen-bond acceptors (Lipinski definition) is 3. The number of rotatable bonds is 3. The molecule has 2 rings (SSSR count). The highest BCUT2D eigenvalue weighted by Crippen LogP contribution is 2.46. The number of alkyl halides is 6. The SMILES string of the molecule is CN1/C(=C/C=C(C(=O)C(F)(F)F)C(=O)C(F)(F)F)C(C)(C)c2ccccc21. The first-order valence-corrected chi connectivity index (χ1v) is 7.67. The summed E-state index contributed by atoms with van der Waals surface area (Å²) in [6, 6.07) is 7.00. The highest BCUT2D eigenvalue weighted by Gasteiger charge is 2.50. The Morgan fingerprint density at radius 3 is 1.89 bits per heavy atom. The van der Waals surface area contributed by atoms with Gasteiger partial charge in [0.25, 0.3) is 11.6 Å². The van der Waals surface area contributed by atoms with Crippen LogP contribution >= 0.6 is 0 Å². The van der Waals surface area contributed by atoms with Gasteiger partial charge in [-0.3, -0.25) is 9.59 Å². The molecule has 0 atom stereocenters. The number of allylic oxidation sites excluding steroid dienone is 4. The Morgan fingerprint density at radius 1 is 0.963 bits per heavy atom. The molecule has 0 spiro atoms. The summed E-state index contributed by atoms with van der Waals surface area (Å²) in [5.41, 5.74) is -0.866. The van der Waals surface area contributed by atoms with Crippen molar-refractivity contribution in [1.82, 2.24) is 0 Å². The fourth-order valence-electron chi connectivity index (χ4n) is 3.02. The number of halogens is 6. The van der Waals surface area contributed by atoms with E-state index in [0.29, 0.717) is 17.5 Å². The van der Waals surface area contributed by atoms with Crippen molar-refractivity contribution in [3.63, 3.8) is 0 Å². The minimum Gasteiger partial charge on any atom is -0.347 e. The topological polar surface area (TPSA) is 37.4 Å². The van der Waals surface area contributed by atoms with Crippen LogP contribution in [0.25, 0.3) is 0 Å². The first kappa shape index (κ1) is 20.7. The van der Waals surface area contributed by atoms with Crippen LogP contribution in [0.2, 0.25) is 0 Å². The molecule has 27 heavy (non-hydrogen) atoms. The maximum Gasteiger partial charge on any atom is 0.455 e. The van der Waals surface area contributed by atoms with Gasteiger partial charge in [0, 0.05) is 23.8 Å². The monoisotopic (exact) mass is 391 g/mol. The maximum atomic E-state index is 12.7. The number of likely N-dealkylation sites (N-methyl/N-ethyl adjacent to an activating group) is 1. The second kappa shape index (κ2) is 6.54. The number of ketones is 2. The molecule has 1 aliphatic rings. The van der Waals surface area contributed by atoms with Crippen LogP contribution in [0, 0.1) is 0 Å². The van der Waals surface area contributed by atoms with Crippen molar-refractivity contribution < 1.29 is 35.9 Å². The summed E-state index contributed by atoms with van der Waals surface area (Å²) in [5.74, 6) is -5.67. The highest BCUT2D eigenvalue weighted by molar-refractivity contribution is 6.23. The van der Waals surface area contributed by atoms with Gasteiger partial charge in [-0.2, -0.15) is 26.3 Å². The average molecular weight is 391 g/mol. The van der Waals surface area contributed by atoms with Crippen molar-refractivity contribution in [3.8, 4) is 0 Å². The van der Waals surface area contributed by atoms with Crippen molar-refractivity contribution in [3.05, 3.63) is 53.3 Å². The molecule has 3 nitrogen and oxygen atoms in total. The number of fused-ring (bicyclic) bond motifs is 1. The molecule has 0 radical (unpaired) electrons. The van der Waals surface area contributed by atoms with Crippen LogP contribution in [-0.4, -0.2) is 31.0 Å². The largest absolute Gasteiger partial charge is 0.455 e. The van der Waals surface area contributed by atoms with Gasteiger partial charge < -0.3 is 4.90 Å². The third kappa shape index (κ3) is 3.77. The van der Waals surface area contributed by atoms with Gasteiger partial charge >= 0.3 is 12.4 Å². The molecule has 0 aromatic heterocycles. The summed E-state index contributed by atoms with van der Waals surface area (Å²) in [6.45, 7) is 3.46.